The molecular formula is C14H10ClN3O2. The second kappa shape index (κ2) is 4.94. The van der Waals surface area contributed by atoms with Gasteiger partial charge in [-0.3, -0.25) is 4.98 Å². The minimum atomic E-state index is 0.0813. The second-order valence-corrected chi connectivity index (χ2v) is 4.71. The Morgan fingerprint density at radius 3 is 2.85 bits per heavy atom. The Balaban J connectivity index is 2.04. The molecule has 0 aliphatic heterocycles. The Morgan fingerprint density at radius 1 is 1.20 bits per heavy atom. The van der Waals surface area contributed by atoms with Crippen molar-refractivity contribution in [3.8, 4) is 28.7 Å². The van der Waals surface area contributed by atoms with Crippen LogP contribution < -0.4 is 0 Å². The zero-order valence-electron chi connectivity index (χ0n) is 10.5. The molecule has 1 N–H and O–H groups in total. The minimum Gasteiger partial charge on any atom is -0.508 e. The normalized spacial score (nSPS) is 10.7. The van der Waals surface area contributed by atoms with E-state index in [0.29, 0.717) is 22.1 Å². The summed E-state index contributed by atoms with van der Waals surface area (Å²) in [6.45, 7) is 1.96. The molecule has 2 aromatic heterocycles. The SMILES string of the molecule is Cc1ccnc(-c2noc(-c3cc(O)ccc3Cl)n2)c1. The van der Waals surface area contributed by atoms with Gasteiger partial charge in [0.2, 0.25) is 5.82 Å². The number of phenols is 1. The first-order valence-corrected chi connectivity index (χ1v) is 6.27. The predicted octanol–water partition coefficient (Wildman–Crippen LogP) is 3.47. The highest BCUT2D eigenvalue weighted by Gasteiger charge is 2.14. The largest absolute Gasteiger partial charge is 0.508 e. The van der Waals surface area contributed by atoms with Gasteiger partial charge < -0.3 is 9.63 Å². The molecule has 0 radical (unpaired) electrons. The second-order valence-electron chi connectivity index (χ2n) is 4.31. The van der Waals surface area contributed by atoms with Crippen LogP contribution >= 0.6 is 11.6 Å². The molecule has 0 saturated heterocycles. The number of nitrogens with zero attached hydrogens (tertiary/aromatic N) is 3. The van der Waals surface area contributed by atoms with E-state index in [0.717, 1.165) is 5.56 Å². The van der Waals surface area contributed by atoms with E-state index in [1.165, 1.54) is 12.1 Å². The van der Waals surface area contributed by atoms with Gasteiger partial charge in [0.15, 0.2) is 0 Å². The lowest BCUT2D eigenvalue weighted by atomic mass is 10.2. The van der Waals surface area contributed by atoms with Crippen LogP contribution in [0.2, 0.25) is 5.02 Å². The van der Waals surface area contributed by atoms with Crippen LogP contribution in [0.25, 0.3) is 23.0 Å². The van der Waals surface area contributed by atoms with E-state index < -0.39 is 0 Å². The summed E-state index contributed by atoms with van der Waals surface area (Å²) in [5, 5.41) is 13.8. The van der Waals surface area contributed by atoms with E-state index in [1.807, 2.05) is 19.1 Å². The summed E-state index contributed by atoms with van der Waals surface area (Å²) in [7, 11) is 0. The fraction of sp³-hybridized carbons (Fsp3) is 0.0714. The van der Waals surface area contributed by atoms with Crippen LogP contribution in [-0.2, 0) is 0 Å². The molecule has 0 unspecified atom stereocenters. The van der Waals surface area contributed by atoms with Crippen LogP contribution in [0.5, 0.6) is 5.75 Å². The third kappa shape index (κ3) is 2.35. The molecule has 0 amide bonds. The van der Waals surface area contributed by atoms with Crippen molar-refractivity contribution < 1.29 is 9.63 Å². The van der Waals surface area contributed by atoms with Gasteiger partial charge >= 0.3 is 0 Å². The van der Waals surface area contributed by atoms with E-state index in [4.69, 9.17) is 16.1 Å². The smallest absolute Gasteiger partial charge is 0.259 e. The summed E-state index contributed by atoms with van der Waals surface area (Å²) in [4.78, 5) is 8.45. The standard InChI is InChI=1S/C14H10ClN3O2/c1-8-4-5-16-12(6-8)13-17-14(20-18-13)10-7-9(19)2-3-11(10)15/h2-7,19H,1H3. The number of aryl methyl sites for hydroxylation is 1. The quantitative estimate of drug-likeness (QED) is 0.781. The third-order valence-corrected chi connectivity index (χ3v) is 3.08. The number of rotatable bonds is 2. The van der Waals surface area contributed by atoms with Crippen LogP contribution in [0, 0.1) is 6.92 Å². The van der Waals surface area contributed by atoms with Crippen molar-refractivity contribution in [3.05, 3.63) is 47.1 Å². The van der Waals surface area contributed by atoms with Crippen molar-refractivity contribution in [2.75, 3.05) is 0 Å². The van der Waals surface area contributed by atoms with Gasteiger partial charge in [0.05, 0.1) is 10.6 Å². The van der Waals surface area contributed by atoms with Gasteiger partial charge in [-0.25, -0.2) is 0 Å². The van der Waals surface area contributed by atoms with Gasteiger partial charge in [0, 0.05) is 6.20 Å². The maximum atomic E-state index is 9.50. The summed E-state index contributed by atoms with van der Waals surface area (Å²) in [6, 6.07) is 8.28. The Hall–Kier alpha value is -2.40. The molecule has 3 rings (SSSR count). The number of aromatic nitrogens is 3. The highest BCUT2D eigenvalue weighted by Crippen LogP contribution is 2.30. The van der Waals surface area contributed by atoms with Crippen molar-refractivity contribution in [3.63, 3.8) is 0 Å². The Kier molecular flexibility index (Phi) is 3.12. The number of benzene rings is 1. The lowest BCUT2D eigenvalue weighted by molar-refractivity contribution is 0.431. The van der Waals surface area contributed by atoms with Crippen LogP contribution in [0.4, 0.5) is 0 Å². The van der Waals surface area contributed by atoms with Crippen LogP contribution in [0.1, 0.15) is 5.56 Å². The van der Waals surface area contributed by atoms with Gasteiger partial charge in [0.1, 0.15) is 11.4 Å². The monoisotopic (exact) mass is 287 g/mol. The summed E-state index contributed by atoms with van der Waals surface area (Å²) in [5.74, 6) is 0.699. The van der Waals surface area contributed by atoms with Crippen LogP contribution in [0.3, 0.4) is 0 Å². The number of aromatic hydroxyl groups is 1. The summed E-state index contributed by atoms with van der Waals surface area (Å²) >= 11 is 6.06. The molecule has 0 fully saturated rings. The molecule has 3 aromatic rings. The Morgan fingerprint density at radius 2 is 2.05 bits per heavy atom. The predicted molar refractivity (Wildman–Crippen MR) is 74.4 cm³/mol. The van der Waals surface area contributed by atoms with E-state index >= 15 is 0 Å². The van der Waals surface area contributed by atoms with Gasteiger partial charge in [0.25, 0.3) is 5.89 Å². The summed E-state index contributed by atoms with van der Waals surface area (Å²) < 4.78 is 5.18. The molecule has 6 heteroatoms. The van der Waals surface area contributed by atoms with Crippen molar-refractivity contribution in [1.29, 1.82) is 0 Å². The molecule has 1 aromatic carbocycles. The number of hydrogen-bond donors (Lipinski definition) is 1. The van der Waals surface area contributed by atoms with Crippen LogP contribution in [-0.4, -0.2) is 20.2 Å². The van der Waals surface area contributed by atoms with Crippen molar-refractivity contribution in [2.45, 2.75) is 6.92 Å². The Labute approximate surface area is 119 Å². The van der Waals surface area contributed by atoms with Crippen LogP contribution in [0.15, 0.2) is 41.1 Å². The minimum absolute atomic E-state index is 0.0813. The van der Waals surface area contributed by atoms with Gasteiger partial charge in [-0.1, -0.05) is 16.8 Å². The number of halogens is 1. The van der Waals surface area contributed by atoms with E-state index in [9.17, 15) is 5.11 Å². The molecule has 5 nitrogen and oxygen atoms in total. The van der Waals surface area contributed by atoms with Gasteiger partial charge in [-0.05, 0) is 42.8 Å². The first-order valence-electron chi connectivity index (χ1n) is 5.89. The number of pyridine rings is 1. The van der Waals surface area contributed by atoms with E-state index in [-0.39, 0.29) is 11.6 Å². The summed E-state index contributed by atoms with van der Waals surface area (Å²) in [5.41, 5.74) is 2.16. The zero-order chi connectivity index (χ0) is 14.1. The van der Waals surface area contributed by atoms with Crippen molar-refractivity contribution >= 4 is 11.6 Å². The number of hydrogen-bond acceptors (Lipinski definition) is 5. The molecule has 2 heterocycles. The fourth-order valence-corrected chi connectivity index (χ4v) is 1.97. The molecule has 0 saturated carbocycles. The lowest BCUT2D eigenvalue weighted by Crippen LogP contribution is -1.86. The lowest BCUT2D eigenvalue weighted by Gasteiger charge is -1.98. The van der Waals surface area contributed by atoms with E-state index in [1.54, 1.807) is 12.3 Å². The molecular weight excluding hydrogens is 278 g/mol. The third-order valence-electron chi connectivity index (χ3n) is 2.75. The first-order chi connectivity index (χ1) is 9.63. The molecule has 0 bridgehead atoms. The molecule has 20 heavy (non-hydrogen) atoms. The van der Waals surface area contributed by atoms with E-state index in [2.05, 4.69) is 15.1 Å². The molecule has 0 aliphatic rings. The zero-order valence-corrected chi connectivity index (χ0v) is 11.3. The highest BCUT2D eigenvalue weighted by molar-refractivity contribution is 6.33. The average molecular weight is 288 g/mol. The molecule has 0 aliphatic carbocycles. The van der Waals surface area contributed by atoms with Gasteiger partial charge in [-0.2, -0.15) is 4.98 Å². The number of phenolic OH excluding ortho intramolecular Hbond substituents is 1. The van der Waals surface area contributed by atoms with Crippen molar-refractivity contribution in [2.24, 2.45) is 0 Å². The van der Waals surface area contributed by atoms with Gasteiger partial charge in [-0.15, -0.1) is 0 Å². The fourth-order valence-electron chi connectivity index (χ4n) is 1.77. The molecule has 100 valence electrons. The van der Waals surface area contributed by atoms with Crippen molar-refractivity contribution in [1.82, 2.24) is 15.1 Å². The first kappa shape index (κ1) is 12.6. The molecule has 0 spiro atoms. The molecule has 0 atom stereocenters. The average Bonchev–Trinajstić information content (AvgIpc) is 2.91. The Bertz CT molecular complexity index is 771. The topological polar surface area (TPSA) is 72.0 Å². The summed E-state index contributed by atoms with van der Waals surface area (Å²) in [6.07, 6.45) is 1.68. The highest BCUT2D eigenvalue weighted by atomic mass is 35.5. The maximum absolute atomic E-state index is 9.50. The maximum Gasteiger partial charge on any atom is 0.259 e.